The number of hydrogen-bond donors (Lipinski definition) is 1. The van der Waals surface area contributed by atoms with Crippen molar-refractivity contribution in [1.82, 2.24) is 29.5 Å². The van der Waals surface area contributed by atoms with Gasteiger partial charge in [-0.1, -0.05) is 12.1 Å². The third kappa shape index (κ3) is 2.38. The molecule has 0 radical (unpaired) electrons. The number of nitrogens with zero attached hydrogens (tertiary/aromatic N) is 6. The average Bonchev–Trinajstić information content (AvgIpc) is 3.06. The SMILES string of the molecule is Brc1ncnc2ncn(C[S+]3c4ccccc4Nc4nccnc43)c12. The average molecular weight is 413 g/mol. The molecule has 0 fully saturated rings. The molecule has 0 spiro atoms. The molecule has 1 atom stereocenters. The van der Waals surface area contributed by atoms with Gasteiger partial charge in [-0.05, 0) is 28.1 Å². The first-order valence-corrected chi connectivity index (χ1v) is 9.69. The van der Waals surface area contributed by atoms with Gasteiger partial charge in [-0.3, -0.25) is 4.57 Å². The van der Waals surface area contributed by atoms with Crippen LogP contribution in [-0.2, 0) is 16.8 Å². The minimum absolute atomic E-state index is 0.278. The zero-order chi connectivity index (χ0) is 16.8. The van der Waals surface area contributed by atoms with Crippen molar-refractivity contribution in [1.29, 1.82) is 0 Å². The maximum Gasteiger partial charge on any atom is 0.297 e. The van der Waals surface area contributed by atoms with Crippen LogP contribution in [0.3, 0.4) is 0 Å². The minimum Gasteiger partial charge on any atom is -0.330 e. The molecule has 0 amide bonds. The van der Waals surface area contributed by atoms with E-state index in [0.29, 0.717) is 11.5 Å². The van der Waals surface area contributed by atoms with Crippen LogP contribution in [0.15, 0.2) is 63.8 Å². The summed E-state index contributed by atoms with van der Waals surface area (Å²) in [7, 11) is -0.278. The van der Waals surface area contributed by atoms with Gasteiger partial charge in [-0.25, -0.2) is 24.9 Å². The number of imidazole rings is 1. The molecule has 25 heavy (non-hydrogen) atoms. The minimum atomic E-state index is -0.278. The zero-order valence-corrected chi connectivity index (χ0v) is 15.2. The fourth-order valence-electron chi connectivity index (χ4n) is 2.85. The van der Waals surface area contributed by atoms with Gasteiger partial charge >= 0.3 is 0 Å². The fourth-order valence-corrected chi connectivity index (χ4v) is 5.44. The molecule has 4 aromatic rings. The lowest BCUT2D eigenvalue weighted by atomic mass is 10.3. The first-order chi connectivity index (χ1) is 12.3. The molecule has 5 rings (SSSR count). The molecule has 9 heteroatoms. The number of halogens is 1. The highest BCUT2D eigenvalue weighted by molar-refractivity contribution is 9.10. The molecular weight excluding hydrogens is 402 g/mol. The summed E-state index contributed by atoms with van der Waals surface area (Å²) in [5.41, 5.74) is 2.63. The molecule has 1 aliphatic rings. The molecule has 3 aromatic heterocycles. The van der Waals surface area contributed by atoms with E-state index in [1.807, 2.05) is 12.1 Å². The summed E-state index contributed by atoms with van der Waals surface area (Å²) in [5, 5.41) is 4.33. The van der Waals surface area contributed by atoms with Gasteiger partial charge in [0.1, 0.15) is 33.7 Å². The predicted octanol–water partition coefficient (Wildman–Crippen LogP) is 3.13. The van der Waals surface area contributed by atoms with Crippen molar-refractivity contribution in [3.63, 3.8) is 0 Å². The summed E-state index contributed by atoms with van der Waals surface area (Å²) >= 11 is 3.51. The molecule has 122 valence electrons. The van der Waals surface area contributed by atoms with Gasteiger partial charge in [0.2, 0.25) is 5.82 Å². The summed E-state index contributed by atoms with van der Waals surface area (Å²) in [6, 6.07) is 8.27. The van der Waals surface area contributed by atoms with Crippen LogP contribution in [0.4, 0.5) is 11.5 Å². The van der Waals surface area contributed by atoms with Crippen LogP contribution in [0.1, 0.15) is 0 Å². The number of nitrogens with one attached hydrogen (secondary N) is 1. The van der Waals surface area contributed by atoms with Gasteiger partial charge in [-0.2, -0.15) is 0 Å². The highest BCUT2D eigenvalue weighted by atomic mass is 79.9. The molecule has 0 saturated carbocycles. The van der Waals surface area contributed by atoms with Crippen LogP contribution in [-0.4, -0.2) is 29.5 Å². The van der Waals surface area contributed by atoms with Gasteiger partial charge in [-0.15, -0.1) is 0 Å². The molecule has 0 saturated heterocycles. The first-order valence-electron chi connectivity index (χ1n) is 7.50. The number of benzene rings is 1. The van der Waals surface area contributed by atoms with Crippen molar-refractivity contribution in [3.05, 3.63) is 53.9 Å². The molecule has 1 unspecified atom stereocenters. The summed E-state index contributed by atoms with van der Waals surface area (Å²) in [4.78, 5) is 23.1. The topological polar surface area (TPSA) is 81.4 Å². The second-order valence-electron chi connectivity index (χ2n) is 5.40. The van der Waals surface area contributed by atoms with Gasteiger partial charge in [0.25, 0.3) is 5.03 Å². The third-order valence-corrected chi connectivity index (χ3v) is 6.71. The lowest BCUT2D eigenvalue weighted by molar-refractivity contribution is 0.894. The molecule has 4 heterocycles. The molecular formula is C16H11BrN7S+. The van der Waals surface area contributed by atoms with E-state index in [0.717, 1.165) is 26.7 Å². The normalized spacial score (nSPS) is 15.5. The van der Waals surface area contributed by atoms with Crippen molar-refractivity contribution in [2.24, 2.45) is 0 Å². The van der Waals surface area contributed by atoms with Crippen LogP contribution >= 0.6 is 15.9 Å². The zero-order valence-electron chi connectivity index (χ0n) is 12.8. The van der Waals surface area contributed by atoms with E-state index in [1.165, 1.54) is 11.2 Å². The highest BCUT2D eigenvalue weighted by Crippen LogP contribution is 2.39. The van der Waals surface area contributed by atoms with E-state index in [9.17, 15) is 0 Å². The smallest absolute Gasteiger partial charge is 0.297 e. The second kappa shape index (κ2) is 5.78. The fraction of sp³-hybridized carbons (Fsp3) is 0.0625. The predicted molar refractivity (Wildman–Crippen MR) is 98.7 cm³/mol. The van der Waals surface area contributed by atoms with Crippen molar-refractivity contribution < 1.29 is 0 Å². The number of rotatable bonds is 2. The Morgan fingerprint density at radius 1 is 1.04 bits per heavy atom. The van der Waals surface area contributed by atoms with Gasteiger partial charge in [0, 0.05) is 6.20 Å². The number of anilines is 2. The van der Waals surface area contributed by atoms with E-state index in [-0.39, 0.29) is 10.9 Å². The van der Waals surface area contributed by atoms with E-state index in [2.05, 4.69) is 62.9 Å². The van der Waals surface area contributed by atoms with E-state index in [4.69, 9.17) is 0 Å². The Kier molecular flexibility index (Phi) is 3.42. The van der Waals surface area contributed by atoms with Crippen molar-refractivity contribution in [2.75, 3.05) is 5.32 Å². The first kappa shape index (κ1) is 14.8. The quantitative estimate of drug-likeness (QED) is 0.402. The number of hydrogen-bond acceptors (Lipinski definition) is 6. The summed E-state index contributed by atoms with van der Waals surface area (Å²) < 4.78 is 2.81. The second-order valence-corrected chi connectivity index (χ2v) is 8.02. The highest BCUT2D eigenvalue weighted by Gasteiger charge is 2.38. The molecule has 1 aliphatic heterocycles. The molecule has 0 aliphatic carbocycles. The van der Waals surface area contributed by atoms with Crippen LogP contribution in [0.5, 0.6) is 0 Å². The number of aromatic nitrogens is 6. The Hall–Kier alpha value is -2.52. The van der Waals surface area contributed by atoms with Crippen molar-refractivity contribution >= 4 is 49.5 Å². The van der Waals surface area contributed by atoms with Crippen molar-refractivity contribution in [3.8, 4) is 0 Å². The van der Waals surface area contributed by atoms with Crippen LogP contribution < -0.4 is 5.32 Å². The van der Waals surface area contributed by atoms with Gasteiger partial charge in [0.05, 0.1) is 11.9 Å². The maximum atomic E-state index is 4.59. The monoisotopic (exact) mass is 412 g/mol. The van der Waals surface area contributed by atoms with Crippen LogP contribution in [0.2, 0.25) is 0 Å². The summed E-state index contributed by atoms with van der Waals surface area (Å²) in [5.74, 6) is 1.51. The Bertz CT molecular complexity index is 1050. The Morgan fingerprint density at radius 2 is 1.92 bits per heavy atom. The van der Waals surface area contributed by atoms with Gasteiger partial charge in [0.15, 0.2) is 16.4 Å². The van der Waals surface area contributed by atoms with E-state index >= 15 is 0 Å². The number of fused-ring (bicyclic) bond motifs is 3. The molecule has 0 bridgehead atoms. The Labute approximate surface area is 154 Å². The van der Waals surface area contributed by atoms with Gasteiger partial charge < -0.3 is 5.32 Å². The molecule has 7 nitrogen and oxygen atoms in total. The Morgan fingerprint density at radius 3 is 2.88 bits per heavy atom. The molecule has 1 N–H and O–H groups in total. The Balaban J connectivity index is 1.66. The standard InChI is InChI=1S/C16H11BrN7S/c17-13-12-14(21-7-20-13)22-8-24(12)9-25-11-4-2-1-3-10(11)23-15-16(25)19-6-5-18-15/h1-8H,9H2,(H,18,23)/q+1. The summed E-state index contributed by atoms with van der Waals surface area (Å²) in [6.07, 6.45) is 6.75. The van der Waals surface area contributed by atoms with E-state index in [1.54, 1.807) is 18.7 Å². The maximum absolute atomic E-state index is 4.59. The largest absolute Gasteiger partial charge is 0.330 e. The number of para-hydroxylation sites is 1. The van der Waals surface area contributed by atoms with Crippen LogP contribution in [0.25, 0.3) is 11.2 Å². The van der Waals surface area contributed by atoms with E-state index < -0.39 is 0 Å². The molecule has 1 aromatic carbocycles. The summed E-state index contributed by atoms with van der Waals surface area (Å²) in [6.45, 7) is 0. The lowest BCUT2D eigenvalue weighted by Gasteiger charge is -2.19. The third-order valence-electron chi connectivity index (χ3n) is 3.94. The van der Waals surface area contributed by atoms with Crippen molar-refractivity contribution in [2.45, 2.75) is 15.8 Å². The lowest BCUT2D eigenvalue weighted by Crippen LogP contribution is -2.21. The van der Waals surface area contributed by atoms with Crippen LogP contribution in [0, 0.1) is 0 Å².